The molecule has 3 amide bonds. The molecular weight excluding hydrogens is 382 g/mol. The minimum absolute atomic E-state index is 0.251. The van der Waals surface area contributed by atoms with Gasteiger partial charge in [0, 0.05) is 11.6 Å². The molecule has 1 saturated heterocycles. The first-order chi connectivity index (χ1) is 14.1. The standard InChI is InChI=1S/C23H37N3O4/c1-16(21(27)24-22(28)25-23(2,3)4)26-11-9-17(10-12-26)7-8-18-13-19(29-5)15-20(14-18)30-6/h13-17H,7-12H2,1-6H3,(H2,24,25,27,28). The summed E-state index contributed by atoms with van der Waals surface area (Å²) >= 11 is 0. The number of amides is 3. The van der Waals surface area contributed by atoms with Crippen LogP contribution in [0.1, 0.15) is 52.5 Å². The fourth-order valence-corrected chi connectivity index (χ4v) is 3.76. The largest absolute Gasteiger partial charge is 0.497 e. The van der Waals surface area contributed by atoms with Gasteiger partial charge in [-0.2, -0.15) is 0 Å². The Hall–Kier alpha value is -2.28. The first-order valence-corrected chi connectivity index (χ1v) is 10.7. The molecule has 0 radical (unpaired) electrons. The second-order valence-electron chi connectivity index (χ2n) is 9.11. The van der Waals surface area contributed by atoms with E-state index < -0.39 is 6.03 Å². The highest BCUT2D eigenvalue weighted by atomic mass is 16.5. The molecule has 2 N–H and O–H groups in total. The van der Waals surface area contributed by atoms with Gasteiger partial charge >= 0.3 is 6.03 Å². The lowest BCUT2D eigenvalue weighted by Crippen LogP contribution is -2.54. The number of benzene rings is 1. The van der Waals surface area contributed by atoms with Crippen molar-refractivity contribution in [2.75, 3.05) is 27.3 Å². The molecule has 1 aromatic rings. The zero-order chi connectivity index (χ0) is 22.3. The predicted octanol–water partition coefficient (Wildman–Crippen LogP) is 3.36. The Bertz CT molecular complexity index is 699. The monoisotopic (exact) mass is 419 g/mol. The lowest BCUT2D eigenvalue weighted by atomic mass is 9.90. The van der Waals surface area contributed by atoms with Crippen molar-refractivity contribution in [1.82, 2.24) is 15.5 Å². The van der Waals surface area contributed by atoms with E-state index in [2.05, 4.69) is 27.7 Å². The maximum Gasteiger partial charge on any atom is 0.321 e. The first-order valence-electron chi connectivity index (χ1n) is 10.7. The first kappa shape index (κ1) is 24.0. The number of nitrogens with zero attached hydrogens (tertiary/aromatic N) is 1. The number of aryl methyl sites for hydroxylation is 1. The Morgan fingerprint density at radius 3 is 2.17 bits per heavy atom. The third-order valence-electron chi connectivity index (χ3n) is 5.55. The van der Waals surface area contributed by atoms with Crippen LogP contribution in [-0.2, 0) is 11.2 Å². The van der Waals surface area contributed by atoms with Crippen molar-refractivity contribution in [2.45, 2.75) is 65.0 Å². The number of methoxy groups -OCH3 is 2. The lowest BCUT2D eigenvalue weighted by Gasteiger charge is -2.35. The van der Waals surface area contributed by atoms with Crippen molar-refractivity contribution < 1.29 is 19.1 Å². The van der Waals surface area contributed by atoms with Crippen LogP contribution in [0.4, 0.5) is 4.79 Å². The Morgan fingerprint density at radius 2 is 1.67 bits per heavy atom. The topological polar surface area (TPSA) is 79.9 Å². The summed E-state index contributed by atoms with van der Waals surface area (Å²) in [5.74, 6) is 2.00. The summed E-state index contributed by atoms with van der Waals surface area (Å²) in [6.45, 7) is 9.23. The number of carbonyl (C=O) groups excluding carboxylic acids is 2. The van der Waals surface area contributed by atoms with E-state index in [4.69, 9.17) is 9.47 Å². The molecule has 0 aliphatic carbocycles. The normalized spacial score (nSPS) is 16.6. The van der Waals surface area contributed by atoms with Crippen LogP contribution in [0.3, 0.4) is 0 Å². The Morgan fingerprint density at radius 1 is 1.10 bits per heavy atom. The molecule has 7 nitrogen and oxygen atoms in total. The summed E-state index contributed by atoms with van der Waals surface area (Å²) in [5, 5.41) is 5.21. The molecule has 1 fully saturated rings. The quantitative estimate of drug-likeness (QED) is 0.708. The molecule has 1 atom stereocenters. The summed E-state index contributed by atoms with van der Waals surface area (Å²) in [7, 11) is 3.33. The molecule has 1 aliphatic rings. The van der Waals surface area contributed by atoms with E-state index in [9.17, 15) is 9.59 Å². The molecule has 7 heteroatoms. The van der Waals surface area contributed by atoms with Gasteiger partial charge in [-0.3, -0.25) is 15.0 Å². The SMILES string of the molecule is COc1cc(CCC2CCN(C(C)C(=O)NC(=O)NC(C)(C)C)CC2)cc(OC)c1. The van der Waals surface area contributed by atoms with E-state index >= 15 is 0 Å². The molecule has 0 bridgehead atoms. The Labute approximate surface area is 180 Å². The molecule has 0 saturated carbocycles. The van der Waals surface area contributed by atoms with Gasteiger partial charge in [-0.05, 0) is 90.1 Å². The highest BCUT2D eigenvalue weighted by Gasteiger charge is 2.28. The van der Waals surface area contributed by atoms with Crippen molar-refractivity contribution in [2.24, 2.45) is 5.92 Å². The fourth-order valence-electron chi connectivity index (χ4n) is 3.76. The number of nitrogens with one attached hydrogen (secondary N) is 2. The zero-order valence-corrected chi connectivity index (χ0v) is 19.2. The number of likely N-dealkylation sites (tertiary alicyclic amines) is 1. The minimum Gasteiger partial charge on any atom is -0.497 e. The molecule has 30 heavy (non-hydrogen) atoms. The van der Waals surface area contributed by atoms with Crippen molar-refractivity contribution in [3.63, 3.8) is 0 Å². The number of piperidine rings is 1. The van der Waals surface area contributed by atoms with Gasteiger partial charge in [-0.15, -0.1) is 0 Å². The molecule has 2 rings (SSSR count). The van der Waals surface area contributed by atoms with Crippen LogP contribution >= 0.6 is 0 Å². The summed E-state index contributed by atoms with van der Waals surface area (Å²) in [6.07, 6.45) is 4.17. The summed E-state index contributed by atoms with van der Waals surface area (Å²) in [5.41, 5.74) is 0.838. The van der Waals surface area contributed by atoms with Crippen LogP contribution in [0.25, 0.3) is 0 Å². The van der Waals surface area contributed by atoms with Crippen LogP contribution in [0.15, 0.2) is 18.2 Å². The average Bonchev–Trinajstić information content (AvgIpc) is 2.70. The van der Waals surface area contributed by atoms with E-state index in [0.29, 0.717) is 5.92 Å². The van der Waals surface area contributed by atoms with Crippen molar-refractivity contribution in [3.8, 4) is 11.5 Å². The summed E-state index contributed by atoms with van der Waals surface area (Å²) in [6, 6.07) is 5.25. The van der Waals surface area contributed by atoms with Crippen LogP contribution < -0.4 is 20.1 Å². The number of hydrogen-bond donors (Lipinski definition) is 2. The number of carbonyl (C=O) groups is 2. The molecular formula is C23H37N3O4. The van der Waals surface area contributed by atoms with Crippen molar-refractivity contribution >= 4 is 11.9 Å². The summed E-state index contributed by atoms with van der Waals surface area (Å²) < 4.78 is 10.7. The van der Waals surface area contributed by atoms with E-state index in [-0.39, 0.29) is 17.5 Å². The number of imide groups is 1. The number of ether oxygens (including phenoxy) is 2. The van der Waals surface area contributed by atoms with E-state index in [0.717, 1.165) is 50.3 Å². The van der Waals surface area contributed by atoms with E-state index in [1.165, 1.54) is 5.56 Å². The second-order valence-corrected chi connectivity index (χ2v) is 9.11. The van der Waals surface area contributed by atoms with Gasteiger partial charge < -0.3 is 14.8 Å². The van der Waals surface area contributed by atoms with E-state index in [1.54, 1.807) is 14.2 Å². The highest BCUT2D eigenvalue weighted by Crippen LogP contribution is 2.27. The third-order valence-corrected chi connectivity index (χ3v) is 5.55. The number of hydrogen-bond acceptors (Lipinski definition) is 5. The third kappa shape index (κ3) is 7.52. The fraction of sp³-hybridized carbons (Fsp3) is 0.652. The lowest BCUT2D eigenvalue weighted by molar-refractivity contribution is -0.125. The number of urea groups is 1. The number of rotatable bonds is 7. The molecule has 1 heterocycles. The maximum atomic E-state index is 12.4. The van der Waals surface area contributed by atoms with Gasteiger partial charge in [0.05, 0.1) is 20.3 Å². The molecule has 1 aromatic carbocycles. The zero-order valence-electron chi connectivity index (χ0n) is 19.2. The molecule has 168 valence electrons. The second kappa shape index (κ2) is 10.7. The summed E-state index contributed by atoms with van der Waals surface area (Å²) in [4.78, 5) is 26.5. The molecule has 0 aromatic heterocycles. The van der Waals surface area contributed by atoms with Gasteiger partial charge in [-0.25, -0.2) is 4.79 Å². The van der Waals surface area contributed by atoms with Crippen LogP contribution in [0.2, 0.25) is 0 Å². The van der Waals surface area contributed by atoms with Crippen molar-refractivity contribution in [1.29, 1.82) is 0 Å². The van der Waals surface area contributed by atoms with Crippen LogP contribution in [0.5, 0.6) is 11.5 Å². The van der Waals surface area contributed by atoms with Crippen molar-refractivity contribution in [3.05, 3.63) is 23.8 Å². The minimum atomic E-state index is -0.442. The van der Waals surface area contributed by atoms with Crippen LogP contribution in [0, 0.1) is 5.92 Å². The Balaban J connectivity index is 1.79. The Kier molecular flexibility index (Phi) is 8.53. The predicted molar refractivity (Wildman–Crippen MR) is 118 cm³/mol. The smallest absolute Gasteiger partial charge is 0.321 e. The van der Waals surface area contributed by atoms with Gasteiger partial charge in [0.1, 0.15) is 11.5 Å². The highest BCUT2D eigenvalue weighted by molar-refractivity contribution is 5.97. The van der Waals surface area contributed by atoms with Gasteiger partial charge in [-0.1, -0.05) is 0 Å². The molecule has 1 unspecified atom stereocenters. The molecule has 0 spiro atoms. The average molecular weight is 420 g/mol. The van der Waals surface area contributed by atoms with Crippen LogP contribution in [-0.4, -0.2) is 55.7 Å². The molecule has 1 aliphatic heterocycles. The van der Waals surface area contributed by atoms with Gasteiger partial charge in [0.25, 0.3) is 0 Å². The van der Waals surface area contributed by atoms with E-state index in [1.807, 2.05) is 33.8 Å². The maximum absolute atomic E-state index is 12.4. The van der Waals surface area contributed by atoms with Gasteiger partial charge in [0.15, 0.2) is 0 Å². The van der Waals surface area contributed by atoms with Gasteiger partial charge in [0.2, 0.25) is 5.91 Å².